The van der Waals surface area contributed by atoms with Crippen molar-refractivity contribution in [3.63, 3.8) is 0 Å². The summed E-state index contributed by atoms with van der Waals surface area (Å²) in [6.07, 6.45) is 3.59. The zero-order valence-corrected chi connectivity index (χ0v) is 8.55. The lowest BCUT2D eigenvalue weighted by Crippen LogP contribution is -2.31. The summed E-state index contributed by atoms with van der Waals surface area (Å²) in [6, 6.07) is 0. The van der Waals surface area contributed by atoms with Gasteiger partial charge in [-0.1, -0.05) is 12.8 Å². The Bertz CT molecular complexity index is 215. The number of hydrogen-bond acceptors (Lipinski definition) is 4. The van der Waals surface area contributed by atoms with Gasteiger partial charge in [0.1, 0.15) is 5.78 Å². The fraction of sp³-hybridized carbons (Fsp3) is 0.778. The predicted molar refractivity (Wildman–Crippen MR) is 51.2 cm³/mol. The summed E-state index contributed by atoms with van der Waals surface area (Å²) in [6.45, 7) is 1.54. The molecule has 1 aliphatic carbocycles. The molecule has 2 atom stereocenters. The quantitative estimate of drug-likeness (QED) is 0.548. The first kappa shape index (κ1) is 10.6. The van der Waals surface area contributed by atoms with Crippen molar-refractivity contribution in [1.82, 2.24) is 0 Å². The Labute approximate surface area is 83.5 Å². The van der Waals surface area contributed by atoms with E-state index in [1.54, 1.807) is 0 Å². The van der Waals surface area contributed by atoms with E-state index in [4.69, 9.17) is 0 Å². The van der Waals surface area contributed by atoms with Crippen molar-refractivity contribution >= 4 is 24.7 Å². The van der Waals surface area contributed by atoms with Crippen LogP contribution in [0.1, 0.15) is 32.6 Å². The van der Waals surface area contributed by atoms with Crippen LogP contribution in [-0.4, -0.2) is 11.8 Å². The zero-order valence-electron chi connectivity index (χ0n) is 7.66. The first-order chi connectivity index (χ1) is 6.16. The van der Waals surface area contributed by atoms with Gasteiger partial charge in [-0.15, -0.1) is 0 Å². The summed E-state index contributed by atoms with van der Waals surface area (Å²) in [5, 5.41) is 0. The van der Waals surface area contributed by atoms with E-state index in [0.717, 1.165) is 25.7 Å². The van der Waals surface area contributed by atoms with Crippen molar-refractivity contribution in [3.8, 4) is 0 Å². The molecule has 1 saturated carbocycles. The second-order valence-corrected chi connectivity index (χ2v) is 3.70. The summed E-state index contributed by atoms with van der Waals surface area (Å²) in [5.74, 6) is -0.677. The van der Waals surface area contributed by atoms with E-state index < -0.39 is 0 Å². The number of hydrogen-bond donors (Lipinski definition) is 1. The molecule has 0 aromatic rings. The number of thiol groups is 1. The maximum absolute atomic E-state index is 11.2. The van der Waals surface area contributed by atoms with Crippen LogP contribution in [0.2, 0.25) is 0 Å². The van der Waals surface area contributed by atoms with Gasteiger partial charge < -0.3 is 4.18 Å². The Morgan fingerprint density at radius 1 is 1.23 bits per heavy atom. The molecular weight excluding hydrogens is 188 g/mol. The van der Waals surface area contributed by atoms with Crippen molar-refractivity contribution in [3.05, 3.63) is 0 Å². The van der Waals surface area contributed by atoms with Crippen LogP contribution in [0, 0.1) is 11.8 Å². The van der Waals surface area contributed by atoms with E-state index in [1.807, 2.05) is 0 Å². The molecule has 0 saturated heterocycles. The molecule has 0 heterocycles. The molecule has 1 aliphatic rings. The summed E-state index contributed by atoms with van der Waals surface area (Å²) >= 11 is 3.47. The molecule has 0 aromatic carbocycles. The highest BCUT2D eigenvalue weighted by molar-refractivity contribution is 7.75. The Hall–Kier alpha value is -0.510. The third-order valence-corrected chi connectivity index (χ3v) is 2.86. The highest BCUT2D eigenvalue weighted by Gasteiger charge is 2.34. The number of Topliss-reactive ketones (excluding diaryl/α,β-unsaturated/α-hetero) is 1. The average Bonchev–Trinajstić information content (AvgIpc) is 2.16. The molecule has 0 amide bonds. The molecule has 4 heteroatoms. The Morgan fingerprint density at radius 3 is 2.23 bits per heavy atom. The molecule has 0 aliphatic heterocycles. The van der Waals surface area contributed by atoms with Crippen LogP contribution >= 0.6 is 12.9 Å². The largest absolute Gasteiger partial charge is 0.394 e. The standard InChI is InChI=1S/C9H14O3S/c1-6(10)7-4-2-3-5-8(7)9(11)12-13/h7-8,13H,2-5H2,1H3. The van der Waals surface area contributed by atoms with Gasteiger partial charge in [-0.2, -0.15) is 0 Å². The van der Waals surface area contributed by atoms with Crippen LogP contribution in [0.3, 0.4) is 0 Å². The molecule has 1 rings (SSSR count). The van der Waals surface area contributed by atoms with Gasteiger partial charge in [0, 0.05) is 18.8 Å². The Balaban J connectivity index is 2.67. The van der Waals surface area contributed by atoms with Crippen molar-refractivity contribution in [2.45, 2.75) is 32.6 Å². The van der Waals surface area contributed by atoms with Gasteiger partial charge in [0.25, 0.3) is 0 Å². The summed E-state index contributed by atoms with van der Waals surface area (Å²) in [5.41, 5.74) is 0. The molecule has 0 radical (unpaired) electrons. The molecule has 0 bridgehead atoms. The van der Waals surface area contributed by atoms with Crippen molar-refractivity contribution in [2.24, 2.45) is 11.8 Å². The first-order valence-corrected chi connectivity index (χ1v) is 4.89. The second kappa shape index (κ2) is 4.65. The number of rotatable bonds is 2. The smallest absolute Gasteiger partial charge is 0.321 e. The van der Waals surface area contributed by atoms with Crippen LogP contribution < -0.4 is 0 Å². The molecule has 0 spiro atoms. The number of carbonyl (C=O) groups is 2. The minimum Gasteiger partial charge on any atom is -0.394 e. The van der Waals surface area contributed by atoms with Crippen LogP contribution in [-0.2, 0) is 13.8 Å². The number of ketones is 1. The second-order valence-electron chi connectivity index (χ2n) is 3.52. The Morgan fingerprint density at radius 2 is 1.77 bits per heavy atom. The van der Waals surface area contributed by atoms with Crippen LogP contribution in [0.15, 0.2) is 0 Å². The van der Waals surface area contributed by atoms with E-state index in [1.165, 1.54) is 6.92 Å². The predicted octanol–water partition coefficient (Wildman–Crippen LogP) is 1.77. The maximum Gasteiger partial charge on any atom is 0.321 e. The molecule has 2 unspecified atom stereocenters. The minimum atomic E-state index is -0.358. The van der Waals surface area contributed by atoms with Crippen LogP contribution in [0.4, 0.5) is 0 Å². The molecule has 1 fully saturated rings. The molecule has 74 valence electrons. The van der Waals surface area contributed by atoms with Gasteiger partial charge >= 0.3 is 5.97 Å². The van der Waals surface area contributed by atoms with Crippen molar-refractivity contribution in [2.75, 3.05) is 0 Å². The van der Waals surface area contributed by atoms with Gasteiger partial charge in [0.15, 0.2) is 0 Å². The third kappa shape index (κ3) is 2.46. The molecule has 3 nitrogen and oxygen atoms in total. The van der Waals surface area contributed by atoms with E-state index in [9.17, 15) is 9.59 Å². The summed E-state index contributed by atoms with van der Waals surface area (Å²) < 4.78 is 4.37. The highest BCUT2D eigenvalue weighted by Crippen LogP contribution is 2.31. The van der Waals surface area contributed by atoms with E-state index in [2.05, 4.69) is 17.1 Å². The zero-order chi connectivity index (χ0) is 9.84. The van der Waals surface area contributed by atoms with Gasteiger partial charge in [0.2, 0.25) is 0 Å². The lowest BCUT2D eigenvalue weighted by Gasteiger charge is -2.26. The van der Waals surface area contributed by atoms with Crippen molar-refractivity contribution < 1.29 is 13.8 Å². The molecular formula is C9H14O3S. The lowest BCUT2D eigenvalue weighted by molar-refractivity contribution is -0.144. The molecule has 13 heavy (non-hydrogen) atoms. The lowest BCUT2D eigenvalue weighted by atomic mass is 9.77. The SMILES string of the molecule is CC(=O)C1CCCCC1C(=O)OS. The van der Waals surface area contributed by atoms with Gasteiger partial charge in [-0.3, -0.25) is 9.59 Å². The summed E-state index contributed by atoms with van der Waals surface area (Å²) in [7, 11) is 0. The van der Waals surface area contributed by atoms with E-state index >= 15 is 0 Å². The van der Waals surface area contributed by atoms with Crippen LogP contribution in [0.5, 0.6) is 0 Å². The topological polar surface area (TPSA) is 43.4 Å². The molecule has 0 N–H and O–H groups in total. The first-order valence-electron chi connectivity index (χ1n) is 4.52. The van der Waals surface area contributed by atoms with E-state index in [0.29, 0.717) is 0 Å². The fourth-order valence-corrected chi connectivity index (χ4v) is 2.10. The summed E-state index contributed by atoms with van der Waals surface area (Å²) in [4.78, 5) is 22.4. The van der Waals surface area contributed by atoms with Gasteiger partial charge in [-0.25, -0.2) is 0 Å². The highest BCUT2D eigenvalue weighted by atomic mass is 32.1. The normalized spacial score (nSPS) is 28.2. The molecule has 0 aromatic heterocycles. The van der Waals surface area contributed by atoms with Crippen LogP contribution in [0.25, 0.3) is 0 Å². The Kier molecular flexibility index (Phi) is 3.78. The fourth-order valence-electron chi connectivity index (χ4n) is 1.97. The van der Waals surface area contributed by atoms with Gasteiger partial charge in [-0.05, 0) is 19.8 Å². The average molecular weight is 202 g/mol. The van der Waals surface area contributed by atoms with Crippen molar-refractivity contribution in [1.29, 1.82) is 0 Å². The van der Waals surface area contributed by atoms with Gasteiger partial charge in [0.05, 0.1) is 5.92 Å². The van der Waals surface area contributed by atoms with E-state index in [-0.39, 0.29) is 23.6 Å². The monoisotopic (exact) mass is 202 g/mol. The third-order valence-electron chi connectivity index (χ3n) is 2.68. The number of carbonyl (C=O) groups excluding carboxylic acids is 2. The maximum atomic E-state index is 11.2. The minimum absolute atomic E-state index is 0.0865.